The molecule has 0 bridgehead atoms. The number of carbonyl (C=O) groups excluding carboxylic acids is 2. The fourth-order valence-electron chi connectivity index (χ4n) is 3.07. The average Bonchev–Trinajstić information content (AvgIpc) is 3.16. The number of nitrogens with zero attached hydrogens (tertiary/aromatic N) is 2. The lowest BCUT2D eigenvalue weighted by Crippen LogP contribution is -2.38. The van der Waals surface area contributed by atoms with Gasteiger partial charge in [0.1, 0.15) is 23.1 Å². The molecule has 2 heterocycles. The van der Waals surface area contributed by atoms with Crippen LogP contribution in [-0.2, 0) is 6.42 Å². The highest BCUT2D eigenvalue weighted by atomic mass is 19.1. The van der Waals surface area contributed by atoms with Gasteiger partial charge in [-0.2, -0.15) is 0 Å². The Labute approximate surface area is 177 Å². The normalized spacial score (nSPS) is 11.9. The minimum atomic E-state index is -0.817. The zero-order valence-electron chi connectivity index (χ0n) is 17.4. The van der Waals surface area contributed by atoms with E-state index in [1.165, 1.54) is 24.3 Å². The molecule has 0 spiro atoms. The number of allylic oxidation sites excluding steroid dienone is 1. The maximum Gasteiger partial charge on any atom is 0.267 e. The van der Waals surface area contributed by atoms with Crippen LogP contribution in [0.5, 0.6) is 0 Å². The summed E-state index contributed by atoms with van der Waals surface area (Å²) < 4.78 is 19.7. The van der Waals surface area contributed by atoms with Crippen LogP contribution in [0.3, 0.4) is 0 Å². The number of nitrogens with one attached hydrogen (secondary N) is 3. The highest BCUT2D eigenvalue weighted by molar-refractivity contribution is 6.09. The van der Waals surface area contributed by atoms with Gasteiger partial charge in [-0.1, -0.05) is 11.2 Å². The zero-order chi connectivity index (χ0) is 22.5. The molecule has 0 atom stereocenters. The molecule has 0 saturated carbocycles. The van der Waals surface area contributed by atoms with E-state index in [0.29, 0.717) is 18.7 Å². The lowest BCUT2D eigenvalue weighted by atomic mass is 10.1. The Balaban J connectivity index is 1.93. The Morgan fingerprint density at radius 1 is 1.26 bits per heavy atom. The number of aromatic nitrogens is 2. The first-order valence-corrected chi connectivity index (χ1v) is 9.55. The molecule has 9 nitrogen and oxygen atoms in total. The number of carbonyl (C=O) groups is 2. The first kappa shape index (κ1) is 21.9. The number of pyridine rings is 1. The van der Waals surface area contributed by atoms with Crippen molar-refractivity contribution in [2.24, 2.45) is 5.73 Å². The monoisotopic (exact) mass is 426 g/mol. The molecule has 31 heavy (non-hydrogen) atoms. The second kappa shape index (κ2) is 9.35. The minimum absolute atomic E-state index is 0.00333. The first-order valence-electron chi connectivity index (χ1n) is 9.55. The van der Waals surface area contributed by atoms with Crippen molar-refractivity contribution >= 4 is 22.7 Å². The fourth-order valence-corrected chi connectivity index (χ4v) is 3.07. The van der Waals surface area contributed by atoms with Crippen LogP contribution in [0.2, 0.25) is 0 Å². The van der Waals surface area contributed by atoms with Gasteiger partial charge < -0.3 is 21.0 Å². The summed E-state index contributed by atoms with van der Waals surface area (Å²) in [5, 5.41) is 6.59. The summed E-state index contributed by atoms with van der Waals surface area (Å²) in [7, 11) is 1.64. The fraction of sp³-hybridized carbons (Fsp3) is 0.238. The molecule has 0 fully saturated rings. The standard InChI is InChI=1S/C21H23FN6O3/c1-11(7-8-13-9-12(2)28-31-13)20(27-24-3)26-21(30)14-10-17(19(23)29)25-16-6-4-5-15(22)18(14)16/h4-6,9-10,24,27H,7-8H2,1-3H3,(H2,23,29)(H,26,30)/b20-11-. The third-order valence-electron chi connectivity index (χ3n) is 4.62. The van der Waals surface area contributed by atoms with Gasteiger partial charge >= 0.3 is 0 Å². The van der Waals surface area contributed by atoms with E-state index in [2.05, 4.69) is 26.3 Å². The van der Waals surface area contributed by atoms with Crippen molar-refractivity contribution in [3.05, 3.63) is 70.3 Å². The van der Waals surface area contributed by atoms with Crippen molar-refractivity contribution in [2.75, 3.05) is 7.05 Å². The highest BCUT2D eigenvalue weighted by Gasteiger charge is 2.19. The van der Waals surface area contributed by atoms with Crippen molar-refractivity contribution in [1.82, 2.24) is 26.3 Å². The summed E-state index contributed by atoms with van der Waals surface area (Å²) in [5.41, 5.74) is 12.5. The van der Waals surface area contributed by atoms with Crippen molar-refractivity contribution in [3.8, 4) is 0 Å². The van der Waals surface area contributed by atoms with E-state index in [1.807, 2.05) is 19.9 Å². The molecular formula is C21H23FN6O3. The number of aryl methyl sites for hydroxylation is 2. The van der Waals surface area contributed by atoms with Gasteiger partial charge in [-0.3, -0.25) is 9.59 Å². The number of benzene rings is 1. The third-order valence-corrected chi connectivity index (χ3v) is 4.62. The Hall–Kier alpha value is -3.79. The van der Waals surface area contributed by atoms with E-state index in [4.69, 9.17) is 10.3 Å². The number of nitrogens with two attached hydrogens (primary N) is 1. The molecule has 0 radical (unpaired) electrons. The number of fused-ring (bicyclic) bond motifs is 1. The lowest BCUT2D eigenvalue weighted by Gasteiger charge is -2.16. The SMILES string of the molecule is CNN/C(NC(=O)c1cc(C(N)=O)nc2cccc(F)c12)=C(/C)CCc1cc(C)no1. The molecule has 5 N–H and O–H groups in total. The predicted molar refractivity (Wildman–Crippen MR) is 112 cm³/mol. The van der Waals surface area contributed by atoms with Crippen molar-refractivity contribution in [1.29, 1.82) is 0 Å². The van der Waals surface area contributed by atoms with Crippen LogP contribution in [0.1, 0.15) is 45.6 Å². The van der Waals surface area contributed by atoms with Crippen LogP contribution in [0, 0.1) is 12.7 Å². The van der Waals surface area contributed by atoms with Gasteiger partial charge in [0.15, 0.2) is 0 Å². The molecule has 1 aromatic carbocycles. The number of primary amides is 1. The summed E-state index contributed by atoms with van der Waals surface area (Å²) >= 11 is 0. The smallest absolute Gasteiger partial charge is 0.267 e. The minimum Gasteiger partial charge on any atom is -0.364 e. The van der Waals surface area contributed by atoms with Crippen molar-refractivity contribution in [3.63, 3.8) is 0 Å². The maximum atomic E-state index is 14.5. The topological polar surface area (TPSA) is 135 Å². The van der Waals surface area contributed by atoms with Crippen LogP contribution < -0.4 is 21.9 Å². The van der Waals surface area contributed by atoms with Crippen LogP contribution in [0.25, 0.3) is 10.9 Å². The van der Waals surface area contributed by atoms with Gasteiger partial charge in [0, 0.05) is 24.9 Å². The molecule has 2 aromatic heterocycles. The summed E-state index contributed by atoms with van der Waals surface area (Å²) in [6, 6.07) is 7.20. The summed E-state index contributed by atoms with van der Waals surface area (Å²) in [6.07, 6.45) is 1.15. The van der Waals surface area contributed by atoms with Crippen LogP contribution in [0.15, 0.2) is 46.2 Å². The van der Waals surface area contributed by atoms with Gasteiger partial charge in [0.25, 0.3) is 11.8 Å². The van der Waals surface area contributed by atoms with E-state index in [0.717, 1.165) is 17.0 Å². The Morgan fingerprint density at radius 2 is 2.03 bits per heavy atom. The molecule has 10 heteroatoms. The van der Waals surface area contributed by atoms with Gasteiger partial charge in [0.2, 0.25) is 0 Å². The number of hydrogen-bond donors (Lipinski definition) is 4. The maximum absolute atomic E-state index is 14.5. The van der Waals surface area contributed by atoms with E-state index < -0.39 is 17.6 Å². The van der Waals surface area contributed by atoms with Gasteiger partial charge in [0.05, 0.1) is 16.8 Å². The number of hydrogen-bond acceptors (Lipinski definition) is 7. The molecule has 2 amide bonds. The number of hydrazine groups is 1. The summed E-state index contributed by atoms with van der Waals surface area (Å²) in [4.78, 5) is 28.8. The van der Waals surface area contributed by atoms with E-state index in [-0.39, 0.29) is 22.2 Å². The quantitative estimate of drug-likeness (QED) is 0.405. The average molecular weight is 426 g/mol. The van der Waals surface area contributed by atoms with Crippen LogP contribution in [-0.4, -0.2) is 29.0 Å². The molecule has 0 aliphatic rings. The number of amides is 2. The lowest BCUT2D eigenvalue weighted by molar-refractivity contribution is 0.0963. The van der Waals surface area contributed by atoms with Gasteiger partial charge in [-0.25, -0.2) is 14.8 Å². The van der Waals surface area contributed by atoms with E-state index >= 15 is 0 Å². The summed E-state index contributed by atoms with van der Waals surface area (Å²) in [5.74, 6) is -0.947. The molecule has 3 aromatic rings. The Bertz CT molecular complexity index is 1170. The number of halogens is 1. The molecule has 0 aliphatic carbocycles. The largest absolute Gasteiger partial charge is 0.364 e. The van der Waals surface area contributed by atoms with Crippen molar-refractivity contribution < 1.29 is 18.5 Å². The molecule has 0 unspecified atom stereocenters. The zero-order valence-corrected chi connectivity index (χ0v) is 17.4. The van der Waals surface area contributed by atoms with Crippen LogP contribution in [0.4, 0.5) is 4.39 Å². The second-order valence-corrected chi connectivity index (χ2v) is 6.97. The number of rotatable bonds is 8. The van der Waals surface area contributed by atoms with Crippen LogP contribution >= 0.6 is 0 Å². The third kappa shape index (κ3) is 5.04. The molecule has 0 saturated heterocycles. The van der Waals surface area contributed by atoms with E-state index in [1.54, 1.807) is 7.05 Å². The Morgan fingerprint density at radius 3 is 2.68 bits per heavy atom. The van der Waals surface area contributed by atoms with Gasteiger partial charge in [-0.15, -0.1) is 0 Å². The molecule has 0 aliphatic heterocycles. The van der Waals surface area contributed by atoms with E-state index in [9.17, 15) is 14.0 Å². The second-order valence-electron chi connectivity index (χ2n) is 6.97. The van der Waals surface area contributed by atoms with Gasteiger partial charge in [-0.05, 0) is 44.0 Å². The molecule has 3 rings (SSSR count). The Kier molecular flexibility index (Phi) is 6.61. The first-order chi connectivity index (χ1) is 14.8. The predicted octanol–water partition coefficient (Wildman–Crippen LogP) is 2.09. The highest BCUT2D eigenvalue weighted by Crippen LogP contribution is 2.22. The molecular weight excluding hydrogens is 403 g/mol. The van der Waals surface area contributed by atoms with Crippen molar-refractivity contribution in [2.45, 2.75) is 26.7 Å². The summed E-state index contributed by atoms with van der Waals surface area (Å²) in [6.45, 7) is 3.67. The molecule has 162 valence electrons.